The smallest absolute Gasteiger partial charge is 0.169 e. The van der Waals surface area contributed by atoms with E-state index in [1.165, 1.54) is 0 Å². The highest BCUT2D eigenvalue weighted by molar-refractivity contribution is 5.45. The number of aliphatic hydroxyl groups is 1. The molecule has 0 spiro atoms. The Balaban J connectivity index is 2.18. The van der Waals surface area contributed by atoms with Crippen molar-refractivity contribution in [3.05, 3.63) is 47.8 Å². The maximum Gasteiger partial charge on any atom is 0.169 e. The van der Waals surface area contributed by atoms with E-state index in [2.05, 4.69) is 4.98 Å². The van der Waals surface area contributed by atoms with Crippen LogP contribution in [0.25, 0.3) is 0 Å². The van der Waals surface area contributed by atoms with Crippen molar-refractivity contribution < 1.29 is 14.6 Å². The summed E-state index contributed by atoms with van der Waals surface area (Å²) in [5.41, 5.74) is 7.53. The Morgan fingerprint density at radius 2 is 2.05 bits per heavy atom. The van der Waals surface area contributed by atoms with Crippen molar-refractivity contribution in [1.82, 2.24) is 4.98 Å². The van der Waals surface area contributed by atoms with Gasteiger partial charge in [-0.1, -0.05) is 13.0 Å². The number of aromatic nitrogens is 1. The molecule has 0 unspecified atom stereocenters. The summed E-state index contributed by atoms with van der Waals surface area (Å²) < 4.78 is 11.0. The molecule has 2 rings (SSSR count). The number of nitrogens with two attached hydrogens (primary N) is 1. The SMILES string of the molecule is CC[C@@H](N)c1ccc(Oc2ccc(CO)cc2OC)cn1. The third-order valence-corrected chi connectivity index (χ3v) is 3.22. The van der Waals surface area contributed by atoms with Crippen LogP contribution in [-0.2, 0) is 6.61 Å². The molecule has 5 heteroatoms. The van der Waals surface area contributed by atoms with Gasteiger partial charge in [0.05, 0.1) is 25.6 Å². The molecule has 0 amide bonds. The van der Waals surface area contributed by atoms with Crippen LogP contribution in [0.2, 0.25) is 0 Å². The molecule has 1 aromatic heterocycles. The molecule has 1 heterocycles. The molecule has 0 saturated carbocycles. The van der Waals surface area contributed by atoms with Gasteiger partial charge < -0.3 is 20.3 Å². The number of aliphatic hydroxyl groups excluding tert-OH is 1. The Kier molecular flexibility index (Phi) is 5.14. The number of benzene rings is 1. The largest absolute Gasteiger partial charge is 0.493 e. The number of rotatable bonds is 6. The van der Waals surface area contributed by atoms with Gasteiger partial charge in [-0.05, 0) is 36.2 Å². The second kappa shape index (κ2) is 7.06. The Morgan fingerprint density at radius 3 is 2.62 bits per heavy atom. The van der Waals surface area contributed by atoms with Crippen LogP contribution in [-0.4, -0.2) is 17.2 Å². The minimum Gasteiger partial charge on any atom is -0.493 e. The van der Waals surface area contributed by atoms with E-state index in [0.717, 1.165) is 17.7 Å². The lowest BCUT2D eigenvalue weighted by molar-refractivity contribution is 0.280. The van der Waals surface area contributed by atoms with E-state index in [1.54, 1.807) is 31.5 Å². The number of nitrogens with zero attached hydrogens (tertiary/aromatic N) is 1. The monoisotopic (exact) mass is 288 g/mol. The highest BCUT2D eigenvalue weighted by Crippen LogP contribution is 2.32. The number of pyridine rings is 1. The molecule has 0 saturated heterocycles. The molecular formula is C16H20N2O3. The fourth-order valence-electron chi connectivity index (χ4n) is 1.90. The van der Waals surface area contributed by atoms with E-state index < -0.39 is 0 Å². The van der Waals surface area contributed by atoms with Gasteiger partial charge in [0.15, 0.2) is 11.5 Å². The predicted octanol–water partition coefficient (Wildman–Crippen LogP) is 2.78. The summed E-state index contributed by atoms with van der Waals surface area (Å²) in [4.78, 5) is 4.30. The van der Waals surface area contributed by atoms with Gasteiger partial charge in [0.25, 0.3) is 0 Å². The van der Waals surface area contributed by atoms with Crippen LogP contribution in [0.4, 0.5) is 0 Å². The topological polar surface area (TPSA) is 77.6 Å². The first-order valence-electron chi connectivity index (χ1n) is 6.85. The quantitative estimate of drug-likeness (QED) is 0.854. The maximum absolute atomic E-state index is 9.13. The van der Waals surface area contributed by atoms with Gasteiger partial charge in [-0.25, -0.2) is 0 Å². The van der Waals surface area contributed by atoms with Crippen molar-refractivity contribution in [2.75, 3.05) is 7.11 Å². The molecule has 0 radical (unpaired) electrons. The Hall–Kier alpha value is -2.11. The fourth-order valence-corrected chi connectivity index (χ4v) is 1.90. The maximum atomic E-state index is 9.13. The Bertz CT molecular complexity index is 585. The van der Waals surface area contributed by atoms with Gasteiger partial charge in [-0.3, -0.25) is 4.98 Å². The highest BCUT2D eigenvalue weighted by atomic mass is 16.5. The summed E-state index contributed by atoms with van der Waals surface area (Å²) in [6, 6.07) is 8.92. The minimum atomic E-state index is -0.0579. The van der Waals surface area contributed by atoms with Crippen molar-refractivity contribution in [3.63, 3.8) is 0 Å². The second-order valence-electron chi connectivity index (χ2n) is 4.68. The predicted molar refractivity (Wildman–Crippen MR) is 80.4 cm³/mol. The van der Waals surface area contributed by atoms with Gasteiger partial charge >= 0.3 is 0 Å². The lowest BCUT2D eigenvalue weighted by atomic mass is 10.1. The molecule has 5 nitrogen and oxygen atoms in total. The van der Waals surface area contributed by atoms with Gasteiger partial charge in [-0.15, -0.1) is 0 Å². The van der Waals surface area contributed by atoms with Gasteiger partial charge in [-0.2, -0.15) is 0 Å². The first-order chi connectivity index (χ1) is 10.2. The second-order valence-corrected chi connectivity index (χ2v) is 4.68. The van der Waals surface area contributed by atoms with Crippen LogP contribution in [0.15, 0.2) is 36.5 Å². The molecular weight excluding hydrogens is 268 g/mol. The summed E-state index contributed by atoms with van der Waals surface area (Å²) in [6.07, 6.45) is 2.48. The summed E-state index contributed by atoms with van der Waals surface area (Å²) in [5, 5.41) is 9.13. The summed E-state index contributed by atoms with van der Waals surface area (Å²) in [7, 11) is 1.56. The van der Waals surface area contributed by atoms with E-state index in [9.17, 15) is 0 Å². The van der Waals surface area contributed by atoms with E-state index in [0.29, 0.717) is 17.2 Å². The number of hydrogen-bond acceptors (Lipinski definition) is 5. The van der Waals surface area contributed by atoms with Crippen molar-refractivity contribution >= 4 is 0 Å². The molecule has 3 N–H and O–H groups in total. The lowest BCUT2D eigenvalue weighted by Crippen LogP contribution is -2.10. The number of methoxy groups -OCH3 is 1. The van der Waals surface area contributed by atoms with Crippen LogP contribution in [0.3, 0.4) is 0 Å². The molecule has 0 aliphatic heterocycles. The zero-order chi connectivity index (χ0) is 15.2. The molecule has 1 atom stereocenters. The normalized spacial score (nSPS) is 12.0. The molecule has 112 valence electrons. The van der Waals surface area contributed by atoms with Crippen molar-refractivity contribution in [3.8, 4) is 17.2 Å². The third-order valence-electron chi connectivity index (χ3n) is 3.22. The molecule has 2 aromatic rings. The van der Waals surface area contributed by atoms with E-state index in [1.807, 2.05) is 19.1 Å². The van der Waals surface area contributed by atoms with Gasteiger partial charge in [0.2, 0.25) is 0 Å². The number of hydrogen-bond donors (Lipinski definition) is 2. The highest BCUT2D eigenvalue weighted by Gasteiger charge is 2.09. The van der Waals surface area contributed by atoms with Crippen LogP contribution >= 0.6 is 0 Å². The van der Waals surface area contributed by atoms with E-state index in [-0.39, 0.29) is 12.6 Å². The standard InChI is InChI=1S/C16H20N2O3/c1-3-13(17)14-6-5-12(9-18-14)21-15-7-4-11(10-19)8-16(15)20-2/h4-9,13,19H,3,10,17H2,1-2H3/t13-/m1/s1. The van der Waals surface area contributed by atoms with Crippen LogP contribution in [0, 0.1) is 0 Å². The van der Waals surface area contributed by atoms with Crippen molar-refractivity contribution in [1.29, 1.82) is 0 Å². The summed E-state index contributed by atoms with van der Waals surface area (Å²) >= 11 is 0. The number of ether oxygens (including phenoxy) is 2. The molecule has 21 heavy (non-hydrogen) atoms. The van der Waals surface area contributed by atoms with Crippen LogP contribution in [0.5, 0.6) is 17.2 Å². The minimum absolute atomic E-state index is 0.0399. The molecule has 1 aromatic carbocycles. The first-order valence-corrected chi connectivity index (χ1v) is 6.85. The van der Waals surface area contributed by atoms with E-state index in [4.69, 9.17) is 20.3 Å². The average molecular weight is 288 g/mol. The summed E-state index contributed by atoms with van der Waals surface area (Å²) in [5.74, 6) is 1.75. The lowest BCUT2D eigenvalue weighted by Gasteiger charge is -2.12. The van der Waals surface area contributed by atoms with Gasteiger partial charge in [0.1, 0.15) is 5.75 Å². The third kappa shape index (κ3) is 3.71. The molecule has 0 fully saturated rings. The average Bonchev–Trinajstić information content (AvgIpc) is 2.55. The Morgan fingerprint density at radius 1 is 1.24 bits per heavy atom. The Labute approximate surface area is 124 Å². The van der Waals surface area contributed by atoms with Crippen LogP contribution < -0.4 is 15.2 Å². The zero-order valence-corrected chi connectivity index (χ0v) is 12.2. The molecule has 0 bridgehead atoms. The van der Waals surface area contributed by atoms with Crippen molar-refractivity contribution in [2.24, 2.45) is 5.73 Å². The summed E-state index contributed by atoms with van der Waals surface area (Å²) in [6.45, 7) is 1.98. The van der Waals surface area contributed by atoms with Gasteiger partial charge in [0, 0.05) is 6.04 Å². The molecule has 0 aliphatic rings. The van der Waals surface area contributed by atoms with Crippen molar-refractivity contribution in [2.45, 2.75) is 26.0 Å². The fraction of sp³-hybridized carbons (Fsp3) is 0.312. The first kappa shape index (κ1) is 15.3. The van der Waals surface area contributed by atoms with Crippen LogP contribution in [0.1, 0.15) is 30.6 Å². The van der Waals surface area contributed by atoms with E-state index >= 15 is 0 Å². The molecule has 0 aliphatic carbocycles. The zero-order valence-electron chi connectivity index (χ0n) is 12.2.